The highest BCUT2D eigenvalue weighted by Crippen LogP contribution is 2.28. The summed E-state index contributed by atoms with van der Waals surface area (Å²) in [6.45, 7) is 0. The van der Waals surface area contributed by atoms with Crippen molar-refractivity contribution in [1.29, 1.82) is 0 Å². The zero-order valence-electron chi connectivity index (χ0n) is 11.0. The van der Waals surface area contributed by atoms with E-state index in [9.17, 15) is 13.6 Å². The Morgan fingerprint density at radius 3 is 2.90 bits per heavy atom. The van der Waals surface area contributed by atoms with Crippen molar-refractivity contribution in [3.8, 4) is 0 Å². The van der Waals surface area contributed by atoms with Crippen LogP contribution in [-0.4, -0.2) is 18.1 Å². The Kier molecular flexibility index (Phi) is 5.24. The third-order valence-electron chi connectivity index (χ3n) is 2.62. The molecule has 1 aromatic heterocycles. The van der Waals surface area contributed by atoms with Gasteiger partial charge >= 0.3 is 5.97 Å². The van der Waals surface area contributed by atoms with Gasteiger partial charge in [-0.05, 0) is 22.0 Å². The maximum absolute atomic E-state index is 13.6. The summed E-state index contributed by atoms with van der Waals surface area (Å²) in [7, 11) is 1.32. The predicted molar refractivity (Wildman–Crippen MR) is 79.8 cm³/mol. The van der Waals surface area contributed by atoms with Gasteiger partial charge in [-0.3, -0.25) is 4.79 Å². The Labute approximate surface area is 132 Å². The maximum Gasteiger partial charge on any atom is 0.305 e. The molecule has 1 N–H and O–H groups in total. The molecule has 0 radical (unpaired) electrons. The number of nitrogens with zero attached hydrogens (tertiary/aromatic N) is 1. The first-order valence-corrected chi connectivity index (χ1v) is 7.59. The van der Waals surface area contributed by atoms with E-state index in [-0.39, 0.29) is 22.6 Å². The highest BCUT2D eigenvalue weighted by Gasteiger charge is 2.11. The van der Waals surface area contributed by atoms with Crippen LogP contribution in [0.4, 0.5) is 19.6 Å². The van der Waals surface area contributed by atoms with Crippen LogP contribution in [0.5, 0.6) is 0 Å². The molecule has 2 aromatic rings. The van der Waals surface area contributed by atoms with E-state index in [2.05, 4.69) is 31.0 Å². The number of methoxy groups -OCH3 is 1. The first-order chi connectivity index (χ1) is 9.99. The van der Waals surface area contributed by atoms with Crippen molar-refractivity contribution in [3.63, 3.8) is 0 Å². The molecule has 0 aliphatic rings. The molecule has 21 heavy (non-hydrogen) atoms. The van der Waals surface area contributed by atoms with Crippen LogP contribution in [0.3, 0.4) is 0 Å². The fraction of sp³-hybridized carbons (Fsp3) is 0.231. The standard InChI is InChI=1S/C13H11BrF2N2O2S/c1-20-12(19)3-2-7-6-21-13(17-7)18-11-4-8(14)9(15)5-10(11)16/h4-6H,2-3H2,1H3,(H,17,18). The molecule has 0 atom stereocenters. The van der Waals surface area contributed by atoms with Crippen molar-refractivity contribution in [2.45, 2.75) is 12.8 Å². The number of ether oxygens (including phenoxy) is 1. The van der Waals surface area contributed by atoms with E-state index in [0.29, 0.717) is 17.2 Å². The lowest BCUT2D eigenvalue weighted by Crippen LogP contribution is -2.02. The van der Waals surface area contributed by atoms with Crippen molar-refractivity contribution in [3.05, 3.63) is 39.3 Å². The minimum Gasteiger partial charge on any atom is -0.469 e. The topological polar surface area (TPSA) is 51.2 Å². The second kappa shape index (κ2) is 6.95. The van der Waals surface area contributed by atoms with Crippen LogP contribution in [0.2, 0.25) is 0 Å². The first kappa shape index (κ1) is 15.8. The minimum absolute atomic E-state index is 0.122. The van der Waals surface area contributed by atoms with Gasteiger partial charge in [0.15, 0.2) is 5.13 Å². The van der Waals surface area contributed by atoms with Crippen LogP contribution >= 0.6 is 27.3 Å². The molecule has 0 saturated carbocycles. The Hall–Kier alpha value is -1.54. The van der Waals surface area contributed by atoms with Gasteiger partial charge in [0.05, 0.1) is 29.4 Å². The number of hydrogen-bond acceptors (Lipinski definition) is 5. The Morgan fingerprint density at radius 1 is 1.43 bits per heavy atom. The lowest BCUT2D eigenvalue weighted by atomic mass is 10.2. The van der Waals surface area contributed by atoms with E-state index >= 15 is 0 Å². The number of aromatic nitrogens is 1. The number of hydrogen-bond donors (Lipinski definition) is 1. The summed E-state index contributed by atoms with van der Waals surface area (Å²) in [6.07, 6.45) is 0.677. The van der Waals surface area contributed by atoms with Crippen LogP contribution in [0, 0.1) is 11.6 Å². The summed E-state index contributed by atoms with van der Waals surface area (Å²) in [4.78, 5) is 15.3. The normalized spacial score (nSPS) is 10.5. The largest absolute Gasteiger partial charge is 0.469 e. The molecule has 112 valence electrons. The number of benzene rings is 1. The summed E-state index contributed by atoms with van der Waals surface area (Å²) in [5, 5.41) is 5.01. The fourth-order valence-electron chi connectivity index (χ4n) is 1.54. The molecular formula is C13H11BrF2N2O2S. The van der Waals surface area contributed by atoms with E-state index < -0.39 is 11.6 Å². The average Bonchev–Trinajstić information content (AvgIpc) is 2.89. The molecule has 0 unspecified atom stereocenters. The van der Waals surface area contributed by atoms with Gasteiger partial charge in [0.1, 0.15) is 11.6 Å². The fourth-order valence-corrected chi connectivity index (χ4v) is 2.65. The molecule has 1 aromatic carbocycles. The van der Waals surface area contributed by atoms with Gasteiger partial charge < -0.3 is 10.1 Å². The monoisotopic (exact) mass is 376 g/mol. The van der Waals surface area contributed by atoms with Gasteiger partial charge in [-0.2, -0.15) is 0 Å². The van der Waals surface area contributed by atoms with Crippen molar-refractivity contribution in [1.82, 2.24) is 4.98 Å². The second-order valence-electron chi connectivity index (χ2n) is 4.09. The van der Waals surface area contributed by atoms with Gasteiger partial charge in [-0.1, -0.05) is 0 Å². The van der Waals surface area contributed by atoms with E-state index in [1.54, 1.807) is 5.38 Å². The van der Waals surface area contributed by atoms with Crippen LogP contribution in [-0.2, 0) is 16.0 Å². The smallest absolute Gasteiger partial charge is 0.305 e. The molecule has 1 heterocycles. The summed E-state index contributed by atoms with van der Waals surface area (Å²) in [6, 6.07) is 2.10. The highest BCUT2D eigenvalue weighted by molar-refractivity contribution is 9.10. The van der Waals surface area contributed by atoms with Gasteiger partial charge in [0, 0.05) is 17.9 Å². The quantitative estimate of drug-likeness (QED) is 0.632. The number of aryl methyl sites for hydroxylation is 1. The number of carbonyl (C=O) groups excluding carboxylic acids is 1. The van der Waals surface area contributed by atoms with Gasteiger partial charge in [0.25, 0.3) is 0 Å². The first-order valence-electron chi connectivity index (χ1n) is 5.92. The SMILES string of the molecule is COC(=O)CCc1csc(Nc2cc(Br)c(F)cc2F)n1. The average molecular weight is 377 g/mol. The Balaban J connectivity index is 2.06. The van der Waals surface area contributed by atoms with E-state index in [1.165, 1.54) is 24.5 Å². The number of nitrogens with one attached hydrogen (secondary N) is 1. The summed E-state index contributed by atoms with van der Waals surface area (Å²) < 4.78 is 31.5. The lowest BCUT2D eigenvalue weighted by Gasteiger charge is -2.05. The summed E-state index contributed by atoms with van der Waals surface area (Å²) in [5.74, 6) is -1.69. The van der Waals surface area contributed by atoms with E-state index in [4.69, 9.17) is 0 Å². The molecule has 4 nitrogen and oxygen atoms in total. The van der Waals surface area contributed by atoms with Crippen LogP contribution in [0.1, 0.15) is 12.1 Å². The zero-order valence-corrected chi connectivity index (χ0v) is 13.4. The van der Waals surface area contributed by atoms with E-state index in [1.807, 2.05) is 0 Å². The molecule has 0 aliphatic heterocycles. The minimum atomic E-state index is -0.706. The van der Waals surface area contributed by atoms with Gasteiger partial charge in [-0.15, -0.1) is 11.3 Å². The molecule has 0 saturated heterocycles. The summed E-state index contributed by atoms with van der Waals surface area (Å²) in [5.41, 5.74) is 0.826. The van der Waals surface area contributed by atoms with Crippen molar-refractivity contribution < 1.29 is 18.3 Å². The summed E-state index contributed by atoms with van der Waals surface area (Å²) >= 11 is 4.27. The third-order valence-corrected chi connectivity index (χ3v) is 4.03. The number of carbonyl (C=O) groups is 1. The zero-order chi connectivity index (χ0) is 15.4. The second-order valence-corrected chi connectivity index (χ2v) is 5.80. The van der Waals surface area contributed by atoms with Crippen molar-refractivity contribution in [2.75, 3.05) is 12.4 Å². The Bertz CT molecular complexity index is 664. The van der Waals surface area contributed by atoms with Gasteiger partial charge in [0.2, 0.25) is 0 Å². The molecule has 0 fully saturated rings. The van der Waals surface area contributed by atoms with Crippen LogP contribution in [0.15, 0.2) is 22.0 Å². The number of thiazole rings is 1. The highest BCUT2D eigenvalue weighted by atomic mass is 79.9. The maximum atomic E-state index is 13.6. The third kappa shape index (κ3) is 4.21. The molecule has 0 spiro atoms. The van der Waals surface area contributed by atoms with Gasteiger partial charge in [-0.25, -0.2) is 13.8 Å². The molecular weight excluding hydrogens is 366 g/mol. The van der Waals surface area contributed by atoms with Crippen LogP contribution < -0.4 is 5.32 Å². The van der Waals surface area contributed by atoms with Crippen LogP contribution in [0.25, 0.3) is 0 Å². The molecule has 2 rings (SSSR count). The lowest BCUT2D eigenvalue weighted by molar-refractivity contribution is -0.140. The Morgan fingerprint density at radius 2 is 2.19 bits per heavy atom. The number of halogens is 3. The molecule has 0 bridgehead atoms. The van der Waals surface area contributed by atoms with Crippen molar-refractivity contribution in [2.24, 2.45) is 0 Å². The van der Waals surface area contributed by atoms with E-state index in [0.717, 1.165) is 6.07 Å². The van der Waals surface area contributed by atoms with Crippen molar-refractivity contribution >= 4 is 44.1 Å². The molecule has 0 aliphatic carbocycles. The number of rotatable bonds is 5. The number of anilines is 2. The molecule has 8 heteroatoms. The molecule has 0 amide bonds. The predicted octanol–water partition coefficient (Wildman–Crippen LogP) is 4.03. The number of esters is 1.